The molecule has 0 saturated heterocycles. The molecule has 2 amide bonds. The molecule has 132 valence electrons. The first kappa shape index (κ1) is 17.4. The van der Waals surface area contributed by atoms with Gasteiger partial charge in [-0.25, -0.2) is 0 Å². The van der Waals surface area contributed by atoms with E-state index in [1.54, 1.807) is 24.5 Å². The normalized spacial score (nSPS) is 10.3. The van der Waals surface area contributed by atoms with Gasteiger partial charge >= 0.3 is 11.8 Å². The summed E-state index contributed by atoms with van der Waals surface area (Å²) in [6.45, 7) is 1.13. The molecular weight excluding hydrogens is 328 g/mol. The molecule has 0 unspecified atom stereocenters. The lowest BCUT2D eigenvalue weighted by Gasteiger charge is -2.09. The van der Waals surface area contributed by atoms with Crippen LogP contribution in [0.25, 0.3) is 10.8 Å². The molecule has 0 bridgehead atoms. The van der Waals surface area contributed by atoms with Crippen LogP contribution in [0, 0.1) is 0 Å². The molecule has 3 aromatic rings. The van der Waals surface area contributed by atoms with Gasteiger partial charge in [0.25, 0.3) is 0 Å². The third-order valence-electron chi connectivity index (χ3n) is 3.88. The van der Waals surface area contributed by atoms with E-state index in [4.69, 9.17) is 0 Å². The van der Waals surface area contributed by atoms with E-state index in [0.717, 1.165) is 16.5 Å². The minimum absolute atomic E-state index is 0.422. The molecule has 6 nitrogen and oxygen atoms in total. The van der Waals surface area contributed by atoms with Gasteiger partial charge in [-0.15, -0.1) is 0 Å². The molecular formula is C20H20N4O2. The molecule has 0 spiro atoms. The molecule has 0 aliphatic heterocycles. The van der Waals surface area contributed by atoms with Crippen molar-refractivity contribution >= 4 is 34.0 Å². The predicted octanol–water partition coefficient (Wildman–Crippen LogP) is 2.79. The van der Waals surface area contributed by atoms with Crippen LogP contribution in [0.15, 0.2) is 67.0 Å². The summed E-state index contributed by atoms with van der Waals surface area (Å²) in [6.07, 6.45) is 4.08. The SMILES string of the molecule is O=C(NCCCNc1ccccc1)C(=O)Nc1cccc2cnccc12. The van der Waals surface area contributed by atoms with Crippen molar-refractivity contribution in [3.05, 3.63) is 67.0 Å². The van der Waals surface area contributed by atoms with Crippen LogP contribution < -0.4 is 16.0 Å². The molecule has 0 aliphatic carbocycles. The maximum atomic E-state index is 12.1. The fourth-order valence-electron chi connectivity index (χ4n) is 2.57. The summed E-state index contributed by atoms with van der Waals surface area (Å²) in [5.41, 5.74) is 1.62. The van der Waals surface area contributed by atoms with Crippen LogP contribution in [0.4, 0.5) is 11.4 Å². The molecule has 0 saturated carbocycles. The summed E-state index contributed by atoms with van der Waals surface area (Å²) < 4.78 is 0. The van der Waals surface area contributed by atoms with Gasteiger partial charge in [-0.1, -0.05) is 30.3 Å². The highest BCUT2D eigenvalue weighted by atomic mass is 16.2. The molecule has 1 aromatic heterocycles. The number of hydrogen-bond donors (Lipinski definition) is 3. The highest BCUT2D eigenvalue weighted by Gasteiger charge is 2.14. The monoisotopic (exact) mass is 348 g/mol. The van der Waals surface area contributed by atoms with Gasteiger partial charge in [0.15, 0.2) is 0 Å². The molecule has 2 aromatic carbocycles. The van der Waals surface area contributed by atoms with Crippen molar-refractivity contribution in [3.63, 3.8) is 0 Å². The van der Waals surface area contributed by atoms with Crippen LogP contribution in [-0.2, 0) is 9.59 Å². The Bertz CT molecular complexity index is 891. The average Bonchev–Trinajstić information content (AvgIpc) is 2.68. The molecule has 6 heteroatoms. The number of carbonyl (C=O) groups excluding carboxylic acids is 2. The molecule has 0 radical (unpaired) electrons. The van der Waals surface area contributed by atoms with Crippen molar-refractivity contribution in [2.24, 2.45) is 0 Å². The fourth-order valence-corrected chi connectivity index (χ4v) is 2.57. The molecule has 3 rings (SSSR count). The van der Waals surface area contributed by atoms with Crippen molar-refractivity contribution in [2.45, 2.75) is 6.42 Å². The van der Waals surface area contributed by atoms with Crippen molar-refractivity contribution in [1.82, 2.24) is 10.3 Å². The third kappa shape index (κ3) is 4.57. The summed E-state index contributed by atoms with van der Waals surface area (Å²) in [5.74, 6) is -1.32. The minimum atomic E-state index is -0.676. The second-order valence-corrected chi connectivity index (χ2v) is 5.76. The van der Waals surface area contributed by atoms with Crippen LogP contribution >= 0.6 is 0 Å². The van der Waals surface area contributed by atoms with Gasteiger partial charge in [-0.3, -0.25) is 14.6 Å². The van der Waals surface area contributed by atoms with Crippen LogP contribution in [0.3, 0.4) is 0 Å². The molecule has 0 aliphatic rings. The van der Waals surface area contributed by atoms with E-state index in [9.17, 15) is 9.59 Å². The molecule has 0 atom stereocenters. The molecule has 3 N–H and O–H groups in total. The number of pyridine rings is 1. The Kier molecular flexibility index (Phi) is 5.77. The van der Waals surface area contributed by atoms with Crippen molar-refractivity contribution in [2.75, 3.05) is 23.7 Å². The first-order chi connectivity index (χ1) is 12.7. The van der Waals surface area contributed by atoms with E-state index >= 15 is 0 Å². The zero-order valence-corrected chi connectivity index (χ0v) is 14.2. The van der Waals surface area contributed by atoms with E-state index in [1.165, 1.54) is 0 Å². The van der Waals surface area contributed by atoms with Crippen LogP contribution in [-0.4, -0.2) is 29.9 Å². The second kappa shape index (κ2) is 8.62. The summed E-state index contributed by atoms with van der Waals surface area (Å²) in [6, 6.07) is 17.1. The van der Waals surface area contributed by atoms with Gasteiger partial charge in [-0.2, -0.15) is 0 Å². The number of aromatic nitrogens is 1. The Morgan fingerprint density at radius 1 is 0.885 bits per heavy atom. The highest BCUT2D eigenvalue weighted by Crippen LogP contribution is 2.21. The van der Waals surface area contributed by atoms with E-state index in [0.29, 0.717) is 25.2 Å². The lowest BCUT2D eigenvalue weighted by atomic mass is 10.1. The van der Waals surface area contributed by atoms with Crippen molar-refractivity contribution in [1.29, 1.82) is 0 Å². The maximum Gasteiger partial charge on any atom is 0.313 e. The highest BCUT2D eigenvalue weighted by molar-refractivity contribution is 6.40. The smallest absolute Gasteiger partial charge is 0.313 e. The number of anilines is 2. The van der Waals surface area contributed by atoms with Crippen LogP contribution in [0.5, 0.6) is 0 Å². The quantitative estimate of drug-likeness (QED) is 0.472. The Hall–Kier alpha value is -3.41. The average molecular weight is 348 g/mol. The van der Waals surface area contributed by atoms with Crippen molar-refractivity contribution in [3.8, 4) is 0 Å². The Morgan fingerprint density at radius 3 is 2.58 bits per heavy atom. The van der Waals surface area contributed by atoms with Gasteiger partial charge in [0.1, 0.15) is 0 Å². The Labute approximate surface area is 151 Å². The number of nitrogens with zero attached hydrogens (tertiary/aromatic N) is 1. The number of para-hydroxylation sites is 1. The minimum Gasteiger partial charge on any atom is -0.385 e. The molecule has 1 heterocycles. The number of fused-ring (bicyclic) bond motifs is 1. The summed E-state index contributed by atoms with van der Waals surface area (Å²) in [5, 5.41) is 10.3. The maximum absolute atomic E-state index is 12.1. The zero-order chi connectivity index (χ0) is 18.2. The Morgan fingerprint density at radius 2 is 1.73 bits per heavy atom. The number of rotatable bonds is 6. The first-order valence-electron chi connectivity index (χ1n) is 8.45. The predicted molar refractivity (Wildman–Crippen MR) is 103 cm³/mol. The molecule has 0 fully saturated rings. The van der Waals surface area contributed by atoms with E-state index < -0.39 is 11.8 Å². The third-order valence-corrected chi connectivity index (χ3v) is 3.88. The number of carbonyl (C=O) groups is 2. The van der Waals surface area contributed by atoms with Crippen molar-refractivity contribution < 1.29 is 9.59 Å². The van der Waals surface area contributed by atoms with Crippen LogP contribution in [0.2, 0.25) is 0 Å². The number of nitrogens with one attached hydrogen (secondary N) is 3. The van der Waals surface area contributed by atoms with E-state index in [2.05, 4.69) is 20.9 Å². The topological polar surface area (TPSA) is 83.1 Å². The largest absolute Gasteiger partial charge is 0.385 e. The standard InChI is InChI=1S/C20H20N4O2/c25-19(23-12-5-11-22-16-7-2-1-3-8-16)20(26)24-18-9-4-6-15-14-21-13-10-17(15)18/h1-4,6-10,13-14,22H,5,11-12H2,(H,23,25)(H,24,26). The number of hydrogen-bond acceptors (Lipinski definition) is 4. The van der Waals surface area contributed by atoms with Gasteiger partial charge in [-0.05, 0) is 30.7 Å². The Balaban J connectivity index is 1.45. The lowest BCUT2D eigenvalue weighted by Crippen LogP contribution is -2.36. The van der Waals surface area contributed by atoms with Gasteiger partial charge in [0.05, 0.1) is 0 Å². The fraction of sp³-hybridized carbons (Fsp3) is 0.150. The van der Waals surface area contributed by atoms with E-state index in [-0.39, 0.29) is 0 Å². The van der Waals surface area contributed by atoms with Crippen LogP contribution in [0.1, 0.15) is 6.42 Å². The summed E-state index contributed by atoms with van der Waals surface area (Å²) >= 11 is 0. The van der Waals surface area contributed by atoms with Gasteiger partial charge < -0.3 is 16.0 Å². The summed E-state index contributed by atoms with van der Waals surface area (Å²) in [4.78, 5) is 28.1. The first-order valence-corrected chi connectivity index (χ1v) is 8.45. The van der Waals surface area contributed by atoms with Gasteiger partial charge in [0, 0.05) is 47.6 Å². The number of amides is 2. The lowest BCUT2D eigenvalue weighted by molar-refractivity contribution is -0.136. The summed E-state index contributed by atoms with van der Waals surface area (Å²) in [7, 11) is 0. The molecule has 26 heavy (non-hydrogen) atoms. The van der Waals surface area contributed by atoms with Gasteiger partial charge in [0.2, 0.25) is 0 Å². The zero-order valence-electron chi connectivity index (χ0n) is 14.2. The second-order valence-electron chi connectivity index (χ2n) is 5.76. The number of benzene rings is 2. The van der Waals surface area contributed by atoms with E-state index in [1.807, 2.05) is 42.5 Å².